The Morgan fingerprint density at radius 2 is 2.00 bits per heavy atom. The fraction of sp³-hybridized carbons (Fsp3) is 0.583. The lowest BCUT2D eigenvalue weighted by atomic mass is 10.2. The minimum Gasteiger partial charge on any atom is -0.314 e. The van der Waals surface area contributed by atoms with E-state index in [4.69, 9.17) is 0 Å². The zero-order valence-corrected chi connectivity index (χ0v) is 13.7. The van der Waals surface area contributed by atoms with Crippen LogP contribution in [0.2, 0.25) is 0 Å². The molecule has 1 fully saturated rings. The van der Waals surface area contributed by atoms with Crippen molar-refractivity contribution in [3.63, 3.8) is 0 Å². The van der Waals surface area contributed by atoms with Crippen LogP contribution in [-0.2, 0) is 10.0 Å². The van der Waals surface area contributed by atoms with Crippen molar-refractivity contribution in [3.05, 3.63) is 24.5 Å². The van der Waals surface area contributed by atoms with Gasteiger partial charge in [-0.2, -0.15) is 13.2 Å². The molecule has 23 heavy (non-hydrogen) atoms. The second-order valence-electron chi connectivity index (χ2n) is 4.88. The molecule has 132 valence electrons. The van der Waals surface area contributed by atoms with Gasteiger partial charge in [0.15, 0.2) is 0 Å². The highest BCUT2D eigenvalue weighted by molar-refractivity contribution is 7.89. The first-order chi connectivity index (χ1) is 10.3. The van der Waals surface area contributed by atoms with E-state index in [0.29, 0.717) is 13.1 Å². The predicted octanol–water partition coefficient (Wildman–Crippen LogP) is 0.618. The Balaban J connectivity index is 0.00000264. The molecule has 0 radical (unpaired) electrons. The summed E-state index contributed by atoms with van der Waals surface area (Å²) in [4.78, 5) is 4.74. The number of nitrogens with one attached hydrogen (secondary N) is 2. The second kappa shape index (κ2) is 8.25. The Morgan fingerprint density at radius 1 is 1.35 bits per heavy atom. The van der Waals surface area contributed by atoms with Crippen LogP contribution in [0.1, 0.15) is 0 Å². The minimum atomic E-state index is -4.51. The molecule has 0 spiro atoms. The number of pyridine rings is 1. The molecule has 2 rings (SSSR count). The Hall–Kier alpha value is -0.940. The summed E-state index contributed by atoms with van der Waals surface area (Å²) in [6.45, 7) is 0.613. The summed E-state index contributed by atoms with van der Waals surface area (Å²) in [5, 5.41) is 2.96. The van der Waals surface area contributed by atoms with Crippen LogP contribution in [0.5, 0.6) is 0 Å². The third-order valence-corrected chi connectivity index (χ3v) is 4.79. The predicted molar refractivity (Wildman–Crippen MR) is 81.0 cm³/mol. The van der Waals surface area contributed by atoms with E-state index < -0.39 is 28.8 Å². The van der Waals surface area contributed by atoms with E-state index in [1.807, 2.05) is 4.72 Å². The van der Waals surface area contributed by atoms with Crippen molar-refractivity contribution >= 4 is 22.4 Å². The molecule has 0 saturated carbocycles. The normalized spacial score (nSPS) is 18.2. The molecular formula is C12H18ClF3N4O2S. The summed E-state index contributed by atoms with van der Waals surface area (Å²) >= 11 is 0. The van der Waals surface area contributed by atoms with Gasteiger partial charge in [-0.1, -0.05) is 0 Å². The first-order valence-corrected chi connectivity index (χ1v) is 8.20. The highest BCUT2D eigenvalue weighted by atomic mass is 35.5. The minimum absolute atomic E-state index is 0. The Kier molecular flexibility index (Phi) is 7.21. The van der Waals surface area contributed by atoms with E-state index >= 15 is 0 Å². The molecule has 0 aliphatic carbocycles. The molecule has 0 aromatic carbocycles. The van der Waals surface area contributed by atoms with E-state index in [-0.39, 0.29) is 30.4 Å². The molecule has 1 aliphatic heterocycles. The number of aromatic nitrogens is 1. The Bertz CT molecular complexity index is 580. The lowest BCUT2D eigenvalue weighted by Gasteiger charge is -2.35. The van der Waals surface area contributed by atoms with Crippen LogP contribution in [0.3, 0.4) is 0 Å². The molecule has 6 nitrogen and oxygen atoms in total. The standard InChI is InChI=1S/C12H17F3N4O2S.ClH/c13-12(14,15)11(19-6-4-16-5-7-19)9-18-22(20,21)10-2-1-3-17-8-10;/h1-3,8,11,16,18H,4-7,9H2;1H. The van der Waals surface area contributed by atoms with Crippen LogP contribution in [0, 0.1) is 0 Å². The summed E-state index contributed by atoms with van der Waals surface area (Å²) in [5.41, 5.74) is 0. The van der Waals surface area contributed by atoms with Crippen molar-refractivity contribution in [2.45, 2.75) is 17.1 Å². The number of piperazine rings is 1. The number of alkyl halides is 3. The average Bonchev–Trinajstić information content (AvgIpc) is 2.48. The number of hydrogen-bond acceptors (Lipinski definition) is 5. The first-order valence-electron chi connectivity index (χ1n) is 6.72. The Morgan fingerprint density at radius 3 is 2.52 bits per heavy atom. The van der Waals surface area contributed by atoms with Crippen LogP contribution in [0.25, 0.3) is 0 Å². The number of rotatable bonds is 5. The SMILES string of the molecule is Cl.O=S(=O)(NCC(N1CCNCC1)C(F)(F)F)c1cccnc1. The third-order valence-electron chi connectivity index (χ3n) is 3.38. The van der Waals surface area contributed by atoms with Crippen molar-refractivity contribution in [1.82, 2.24) is 19.9 Å². The summed E-state index contributed by atoms with van der Waals surface area (Å²) in [7, 11) is -4.01. The molecule has 0 bridgehead atoms. The molecule has 11 heteroatoms. The summed E-state index contributed by atoms with van der Waals surface area (Å²) in [6, 6.07) is 0.843. The van der Waals surface area contributed by atoms with Crippen LogP contribution >= 0.6 is 12.4 Å². The zero-order valence-electron chi connectivity index (χ0n) is 12.1. The molecule has 1 atom stereocenters. The van der Waals surface area contributed by atoms with Crippen molar-refractivity contribution in [2.75, 3.05) is 32.7 Å². The van der Waals surface area contributed by atoms with E-state index in [1.54, 1.807) is 0 Å². The van der Waals surface area contributed by atoms with Gasteiger partial charge in [-0.15, -0.1) is 12.4 Å². The van der Waals surface area contributed by atoms with Gasteiger partial charge in [-0.3, -0.25) is 9.88 Å². The maximum absolute atomic E-state index is 13.2. The number of halogens is 4. The average molecular weight is 375 g/mol. The van der Waals surface area contributed by atoms with Crippen molar-refractivity contribution < 1.29 is 21.6 Å². The van der Waals surface area contributed by atoms with Gasteiger partial charge >= 0.3 is 6.18 Å². The van der Waals surface area contributed by atoms with E-state index in [1.165, 1.54) is 23.2 Å². The molecule has 2 heterocycles. The van der Waals surface area contributed by atoms with Gasteiger partial charge in [0.25, 0.3) is 0 Å². The van der Waals surface area contributed by atoms with E-state index in [0.717, 1.165) is 6.20 Å². The third kappa shape index (κ3) is 5.57. The molecule has 1 aromatic heterocycles. The van der Waals surface area contributed by atoms with Gasteiger partial charge in [0, 0.05) is 45.1 Å². The van der Waals surface area contributed by atoms with E-state index in [2.05, 4.69) is 10.3 Å². The van der Waals surface area contributed by atoms with Gasteiger partial charge < -0.3 is 5.32 Å². The fourth-order valence-electron chi connectivity index (χ4n) is 2.22. The van der Waals surface area contributed by atoms with Gasteiger partial charge in [0.2, 0.25) is 10.0 Å². The monoisotopic (exact) mass is 374 g/mol. The molecular weight excluding hydrogens is 357 g/mol. The van der Waals surface area contributed by atoms with Crippen LogP contribution in [0.15, 0.2) is 29.4 Å². The lowest BCUT2D eigenvalue weighted by molar-refractivity contribution is -0.182. The smallest absolute Gasteiger partial charge is 0.314 e. The molecule has 2 N–H and O–H groups in total. The van der Waals surface area contributed by atoms with Crippen molar-refractivity contribution in [2.24, 2.45) is 0 Å². The zero-order chi connectivity index (χ0) is 16.2. The molecule has 1 aromatic rings. The van der Waals surface area contributed by atoms with E-state index in [9.17, 15) is 21.6 Å². The second-order valence-corrected chi connectivity index (χ2v) is 6.65. The quantitative estimate of drug-likeness (QED) is 0.790. The summed E-state index contributed by atoms with van der Waals surface area (Å²) < 4.78 is 65.5. The lowest BCUT2D eigenvalue weighted by Crippen LogP contribution is -2.57. The fourth-order valence-corrected chi connectivity index (χ4v) is 3.22. The first kappa shape index (κ1) is 20.1. The molecule has 1 aliphatic rings. The van der Waals surface area contributed by atoms with Gasteiger partial charge in [0.1, 0.15) is 10.9 Å². The summed E-state index contributed by atoms with van der Waals surface area (Å²) in [5.74, 6) is 0. The maximum atomic E-state index is 13.2. The topological polar surface area (TPSA) is 74.3 Å². The maximum Gasteiger partial charge on any atom is 0.405 e. The molecule has 1 saturated heterocycles. The van der Waals surface area contributed by atoms with Crippen molar-refractivity contribution in [3.8, 4) is 0 Å². The van der Waals surface area contributed by atoms with Crippen LogP contribution in [-0.4, -0.2) is 63.2 Å². The van der Waals surface area contributed by atoms with Crippen LogP contribution in [0.4, 0.5) is 13.2 Å². The van der Waals surface area contributed by atoms with Gasteiger partial charge in [0.05, 0.1) is 0 Å². The van der Waals surface area contributed by atoms with Gasteiger partial charge in [-0.25, -0.2) is 13.1 Å². The highest BCUT2D eigenvalue weighted by Gasteiger charge is 2.44. The number of nitrogens with zero attached hydrogens (tertiary/aromatic N) is 2. The van der Waals surface area contributed by atoms with Crippen molar-refractivity contribution in [1.29, 1.82) is 0 Å². The van der Waals surface area contributed by atoms with Crippen LogP contribution < -0.4 is 10.0 Å². The highest BCUT2D eigenvalue weighted by Crippen LogP contribution is 2.25. The molecule has 1 unspecified atom stereocenters. The number of sulfonamides is 1. The molecule has 0 amide bonds. The number of hydrogen-bond donors (Lipinski definition) is 2. The van der Waals surface area contributed by atoms with Gasteiger partial charge in [-0.05, 0) is 12.1 Å². The summed E-state index contributed by atoms with van der Waals surface area (Å²) in [6.07, 6.45) is -2.02. The Labute approximate surface area is 138 Å². The largest absolute Gasteiger partial charge is 0.405 e.